The van der Waals surface area contributed by atoms with Crippen molar-refractivity contribution in [1.29, 1.82) is 0 Å². The SMILES string of the molecule is CCC1(CC)C(=O)N(C(=S)S)C(=S)N(C(=S)S)C1=O. The molecule has 104 valence electrons. The summed E-state index contributed by atoms with van der Waals surface area (Å²) in [6, 6.07) is 0. The Morgan fingerprint density at radius 2 is 1.37 bits per heavy atom. The molecule has 0 aromatic rings. The average Bonchev–Trinajstić information content (AvgIpc) is 2.29. The molecule has 19 heavy (non-hydrogen) atoms. The predicted molar refractivity (Wildman–Crippen MR) is 92.5 cm³/mol. The van der Waals surface area contributed by atoms with Crippen molar-refractivity contribution in [2.45, 2.75) is 26.7 Å². The molecule has 0 saturated carbocycles. The molecule has 0 aromatic carbocycles. The molecule has 0 N–H and O–H groups in total. The summed E-state index contributed by atoms with van der Waals surface area (Å²) >= 11 is 22.9. The molecule has 0 aliphatic carbocycles. The summed E-state index contributed by atoms with van der Waals surface area (Å²) < 4.78 is -0.0216. The van der Waals surface area contributed by atoms with E-state index in [0.29, 0.717) is 12.8 Å². The monoisotopic (exact) mass is 352 g/mol. The van der Waals surface area contributed by atoms with Gasteiger partial charge in [0.15, 0.2) is 5.11 Å². The third-order valence-corrected chi connectivity index (χ3v) is 4.33. The van der Waals surface area contributed by atoms with Gasteiger partial charge < -0.3 is 0 Å². The lowest BCUT2D eigenvalue weighted by Gasteiger charge is -2.43. The van der Waals surface area contributed by atoms with Crippen LogP contribution in [-0.2, 0) is 9.59 Å². The van der Waals surface area contributed by atoms with Gasteiger partial charge in [0.05, 0.1) is 0 Å². The number of carbonyl (C=O) groups excluding carboxylic acids is 2. The molecule has 0 radical (unpaired) electrons. The van der Waals surface area contributed by atoms with E-state index in [9.17, 15) is 9.59 Å². The second-order valence-corrected chi connectivity index (χ2v) is 6.51. The molecule has 0 spiro atoms. The van der Waals surface area contributed by atoms with Gasteiger partial charge in [-0.3, -0.25) is 9.59 Å². The van der Waals surface area contributed by atoms with E-state index < -0.39 is 17.2 Å². The maximum atomic E-state index is 12.5. The van der Waals surface area contributed by atoms with Gasteiger partial charge in [-0.2, -0.15) is 0 Å². The highest BCUT2D eigenvalue weighted by atomic mass is 32.1. The molecule has 0 bridgehead atoms. The minimum Gasteiger partial charge on any atom is -0.273 e. The minimum absolute atomic E-state index is 0.0108. The van der Waals surface area contributed by atoms with Crippen LogP contribution in [0.2, 0.25) is 0 Å². The van der Waals surface area contributed by atoms with Gasteiger partial charge in [0.2, 0.25) is 11.8 Å². The van der Waals surface area contributed by atoms with Gasteiger partial charge in [-0.1, -0.05) is 38.3 Å². The summed E-state index contributed by atoms with van der Waals surface area (Å²) in [6.45, 7) is 3.51. The van der Waals surface area contributed by atoms with Crippen LogP contribution in [0.5, 0.6) is 0 Å². The van der Waals surface area contributed by atoms with Crippen LogP contribution in [0.3, 0.4) is 0 Å². The summed E-state index contributed by atoms with van der Waals surface area (Å²) in [5.41, 5.74) is -1.22. The number of thiocarbonyl (C=S) groups is 3. The maximum Gasteiger partial charge on any atom is 0.250 e. The average molecular weight is 353 g/mol. The van der Waals surface area contributed by atoms with Crippen LogP contribution < -0.4 is 0 Å². The fourth-order valence-corrected chi connectivity index (χ4v) is 3.29. The van der Waals surface area contributed by atoms with Crippen molar-refractivity contribution in [1.82, 2.24) is 9.80 Å². The number of nitrogens with zero attached hydrogens (tertiary/aromatic N) is 2. The molecule has 0 unspecified atom stereocenters. The van der Waals surface area contributed by atoms with Gasteiger partial charge in [-0.05, 0) is 25.1 Å². The fourth-order valence-electron chi connectivity index (χ4n) is 1.99. The standard InChI is InChI=1S/C10H12N2O2S5/c1-3-10(4-2)5(13)11(8(16)17)7(15)12(6(10)14)9(18)19/h3-4H2,1-2H3,(H,16,17)(H,18,19). The molecule has 4 nitrogen and oxygen atoms in total. The molecular weight excluding hydrogens is 340 g/mol. The number of rotatable bonds is 2. The number of hydrogen-bond acceptors (Lipinski definition) is 5. The first kappa shape index (κ1) is 17.0. The van der Waals surface area contributed by atoms with Crippen molar-refractivity contribution >= 4 is 87.5 Å². The van der Waals surface area contributed by atoms with Crippen molar-refractivity contribution < 1.29 is 9.59 Å². The summed E-state index contributed by atoms with van der Waals surface area (Å²) in [7, 11) is 0. The fraction of sp³-hybridized carbons (Fsp3) is 0.500. The van der Waals surface area contributed by atoms with Crippen molar-refractivity contribution in [3.63, 3.8) is 0 Å². The normalized spacial score (nSPS) is 18.8. The summed E-state index contributed by atoms with van der Waals surface area (Å²) in [5.74, 6) is -0.901. The van der Waals surface area contributed by atoms with E-state index in [-0.39, 0.29) is 13.8 Å². The molecule has 1 aliphatic rings. The van der Waals surface area contributed by atoms with Crippen LogP contribution in [0.25, 0.3) is 0 Å². The third kappa shape index (κ3) is 2.58. The molecule has 0 aromatic heterocycles. The minimum atomic E-state index is -1.22. The lowest BCUT2D eigenvalue weighted by atomic mass is 9.78. The highest BCUT2D eigenvalue weighted by Crippen LogP contribution is 2.37. The van der Waals surface area contributed by atoms with Crippen LogP contribution in [0, 0.1) is 5.41 Å². The van der Waals surface area contributed by atoms with Gasteiger partial charge in [-0.25, -0.2) is 9.80 Å². The number of thiol groups is 2. The Morgan fingerprint density at radius 1 is 1.05 bits per heavy atom. The highest BCUT2D eigenvalue weighted by molar-refractivity contribution is 8.11. The van der Waals surface area contributed by atoms with E-state index in [1.807, 2.05) is 0 Å². The number of carbonyl (C=O) groups is 2. The molecular formula is C10H12N2O2S5. The Hall–Kier alpha value is -0.0900. The zero-order valence-corrected chi connectivity index (χ0v) is 14.5. The van der Waals surface area contributed by atoms with Gasteiger partial charge in [0.25, 0.3) is 0 Å². The number of hydrogen-bond donors (Lipinski definition) is 2. The Balaban J connectivity index is 3.48. The summed E-state index contributed by atoms with van der Waals surface area (Å²) in [4.78, 5) is 27.2. The predicted octanol–water partition coefficient (Wildman–Crippen LogP) is 2.18. The lowest BCUT2D eigenvalue weighted by molar-refractivity contribution is -0.152. The van der Waals surface area contributed by atoms with E-state index in [1.165, 1.54) is 0 Å². The third-order valence-electron chi connectivity index (χ3n) is 3.20. The molecule has 1 aliphatic heterocycles. The highest BCUT2D eigenvalue weighted by Gasteiger charge is 2.55. The first-order chi connectivity index (χ1) is 8.74. The van der Waals surface area contributed by atoms with Crippen molar-refractivity contribution in [2.24, 2.45) is 5.41 Å². The Labute approximate surface area is 138 Å². The second kappa shape index (κ2) is 6.13. The van der Waals surface area contributed by atoms with E-state index in [1.54, 1.807) is 13.8 Å². The van der Waals surface area contributed by atoms with Crippen LogP contribution in [-0.4, -0.2) is 35.4 Å². The van der Waals surface area contributed by atoms with Crippen LogP contribution in [0.1, 0.15) is 26.7 Å². The molecule has 0 atom stereocenters. The Morgan fingerprint density at radius 3 is 1.58 bits per heavy atom. The zero-order valence-electron chi connectivity index (χ0n) is 10.2. The maximum absolute atomic E-state index is 12.5. The second-order valence-electron chi connectivity index (χ2n) is 3.92. The lowest BCUT2D eigenvalue weighted by Crippen LogP contribution is -2.65. The molecule has 1 fully saturated rings. The Kier molecular flexibility index (Phi) is 5.47. The van der Waals surface area contributed by atoms with Crippen molar-refractivity contribution in [3.8, 4) is 0 Å². The first-order valence-electron chi connectivity index (χ1n) is 5.43. The van der Waals surface area contributed by atoms with Crippen molar-refractivity contribution in [2.75, 3.05) is 0 Å². The zero-order chi connectivity index (χ0) is 15.0. The van der Waals surface area contributed by atoms with Crippen LogP contribution in [0.15, 0.2) is 0 Å². The van der Waals surface area contributed by atoms with Gasteiger partial charge in [0.1, 0.15) is 14.1 Å². The van der Waals surface area contributed by atoms with E-state index in [2.05, 4.69) is 25.3 Å². The van der Waals surface area contributed by atoms with Gasteiger partial charge in [0, 0.05) is 0 Å². The molecule has 1 heterocycles. The molecule has 2 amide bonds. The van der Waals surface area contributed by atoms with Crippen LogP contribution >= 0.6 is 61.9 Å². The van der Waals surface area contributed by atoms with Crippen molar-refractivity contribution in [3.05, 3.63) is 0 Å². The number of amides is 2. The first-order valence-corrected chi connectivity index (χ1v) is 7.55. The topological polar surface area (TPSA) is 40.6 Å². The van der Waals surface area contributed by atoms with Gasteiger partial charge >= 0.3 is 0 Å². The smallest absolute Gasteiger partial charge is 0.250 e. The molecule has 1 saturated heterocycles. The van der Waals surface area contributed by atoms with E-state index >= 15 is 0 Å². The largest absolute Gasteiger partial charge is 0.273 e. The van der Waals surface area contributed by atoms with Crippen LogP contribution in [0.4, 0.5) is 0 Å². The van der Waals surface area contributed by atoms with E-state index in [4.69, 9.17) is 36.7 Å². The quantitative estimate of drug-likeness (QED) is 0.453. The Bertz CT molecular complexity index is 448. The summed E-state index contributed by atoms with van der Waals surface area (Å²) in [5, 5.41) is -0.0903. The van der Waals surface area contributed by atoms with E-state index in [0.717, 1.165) is 9.80 Å². The van der Waals surface area contributed by atoms with Gasteiger partial charge in [-0.15, -0.1) is 25.3 Å². The molecule has 9 heteroatoms. The summed E-state index contributed by atoms with van der Waals surface area (Å²) in [6.07, 6.45) is 0.646. The molecule has 1 rings (SSSR count).